The van der Waals surface area contributed by atoms with Crippen molar-refractivity contribution >= 4 is 17.7 Å². The third kappa shape index (κ3) is 4.62. The van der Waals surface area contributed by atoms with Gasteiger partial charge < -0.3 is 14.3 Å². The van der Waals surface area contributed by atoms with E-state index in [0.29, 0.717) is 18.2 Å². The number of hydrogen-bond donors (Lipinski definition) is 1. The third-order valence-electron chi connectivity index (χ3n) is 5.44. The van der Waals surface area contributed by atoms with Gasteiger partial charge in [-0.15, -0.1) is 10.2 Å². The first-order valence-electron chi connectivity index (χ1n) is 10.3. The van der Waals surface area contributed by atoms with Crippen LogP contribution in [0.25, 0.3) is 11.4 Å². The Bertz CT molecular complexity index is 1220. The number of carbonyl (C=O) groups is 1. The Morgan fingerprint density at radius 1 is 1.12 bits per heavy atom. The summed E-state index contributed by atoms with van der Waals surface area (Å²) < 4.78 is 9.21. The average molecular weight is 451 g/mol. The second-order valence-corrected chi connectivity index (χ2v) is 8.56. The number of hydrogen-bond acceptors (Lipinski definition) is 6. The molecule has 0 fully saturated rings. The largest absolute Gasteiger partial charge is 0.469 e. The highest BCUT2D eigenvalue weighted by Gasteiger charge is 2.17. The predicted molar refractivity (Wildman–Crippen MR) is 123 cm³/mol. The van der Waals surface area contributed by atoms with Crippen LogP contribution >= 0.6 is 11.8 Å². The molecule has 0 aliphatic heterocycles. The molecule has 166 valence electrons. The highest BCUT2D eigenvalue weighted by Crippen LogP contribution is 2.25. The van der Waals surface area contributed by atoms with Crippen molar-refractivity contribution in [1.82, 2.24) is 29.9 Å². The van der Waals surface area contributed by atoms with Crippen molar-refractivity contribution < 1.29 is 9.21 Å². The van der Waals surface area contributed by atoms with E-state index in [4.69, 9.17) is 4.42 Å². The van der Waals surface area contributed by atoms with Gasteiger partial charge in [-0.2, -0.15) is 5.10 Å². The van der Waals surface area contributed by atoms with E-state index in [2.05, 4.69) is 32.7 Å². The fraction of sp³-hybridized carbons (Fsp3) is 0.304. The van der Waals surface area contributed by atoms with E-state index in [1.807, 2.05) is 61.3 Å². The molecule has 0 radical (unpaired) electrons. The van der Waals surface area contributed by atoms with Crippen LogP contribution < -0.4 is 5.32 Å². The Labute approximate surface area is 191 Å². The fourth-order valence-electron chi connectivity index (χ4n) is 3.56. The summed E-state index contributed by atoms with van der Waals surface area (Å²) in [6, 6.07) is 12.1. The molecule has 0 unspecified atom stereocenters. The minimum atomic E-state index is -0.0614. The van der Waals surface area contributed by atoms with Crippen LogP contribution in [0.5, 0.6) is 0 Å². The van der Waals surface area contributed by atoms with Gasteiger partial charge in [-0.1, -0.05) is 42.1 Å². The Morgan fingerprint density at radius 3 is 2.62 bits per heavy atom. The lowest BCUT2D eigenvalue weighted by Crippen LogP contribution is -2.25. The monoisotopic (exact) mass is 450 g/mol. The summed E-state index contributed by atoms with van der Waals surface area (Å²) in [6.45, 7) is 7.06. The highest BCUT2D eigenvalue weighted by atomic mass is 32.2. The van der Waals surface area contributed by atoms with Gasteiger partial charge in [0.1, 0.15) is 5.76 Å². The quantitative estimate of drug-likeness (QED) is 0.412. The van der Waals surface area contributed by atoms with Crippen molar-refractivity contribution in [2.24, 2.45) is 7.05 Å². The maximum atomic E-state index is 12.5. The summed E-state index contributed by atoms with van der Waals surface area (Å²) in [5.41, 5.74) is 5.14. The van der Waals surface area contributed by atoms with Crippen LogP contribution in [0.1, 0.15) is 28.3 Å². The van der Waals surface area contributed by atoms with Crippen molar-refractivity contribution in [3.8, 4) is 11.4 Å². The molecule has 0 saturated heterocycles. The average Bonchev–Trinajstić information content (AvgIpc) is 3.44. The number of aryl methyl sites for hydroxylation is 2. The molecule has 1 N–H and O–H groups in total. The molecule has 0 spiro atoms. The summed E-state index contributed by atoms with van der Waals surface area (Å²) >= 11 is 1.36. The molecule has 3 heterocycles. The van der Waals surface area contributed by atoms with Gasteiger partial charge in [0, 0.05) is 24.8 Å². The molecule has 32 heavy (non-hydrogen) atoms. The first kappa shape index (κ1) is 21.9. The van der Waals surface area contributed by atoms with Crippen molar-refractivity contribution in [1.29, 1.82) is 0 Å². The number of nitrogens with one attached hydrogen (secondary N) is 1. The zero-order valence-corrected chi connectivity index (χ0v) is 19.4. The van der Waals surface area contributed by atoms with Crippen LogP contribution in [-0.4, -0.2) is 36.2 Å². The smallest absolute Gasteiger partial charge is 0.230 e. The predicted octanol–water partition coefficient (Wildman–Crippen LogP) is 3.65. The van der Waals surface area contributed by atoms with E-state index in [0.717, 1.165) is 34.1 Å². The van der Waals surface area contributed by atoms with Crippen LogP contribution in [0.4, 0.5) is 0 Å². The van der Waals surface area contributed by atoms with Gasteiger partial charge in [-0.3, -0.25) is 9.48 Å². The topological polar surface area (TPSA) is 90.8 Å². The number of nitrogens with zero attached hydrogens (tertiary/aromatic N) is 5. The minimum Gasteiger partial charge on any atom is -0.469 e. The third-order valence-corrected chi connectivity index (χ3v) is 6.46. The Kier molecular flexibility index (Phi) is 6.45. The van der Waals surface area contributed by atoms with E-state index in [1.165, 1.54) is 17.3 Å². The number of furan rings is 1. The molecule has 1 aromatic carbocycles. The number of carbonyl (C=O) groups excluding carboxylic acids is 1. The van der Waals surface area contributed by atoms with Crippen molar-refractivity contribution in [3.63, 3.8) is 0 Å². The zero-order valence-electron chi connectivity index (χ0n) is 18.6. The molecule has 0 atom stereocenters. The molecule has 4 rings (SSSR count). The zero-order chi connectivity index (χ0) is 22.7. The number of thioether (sulfide) groups is 1. The molecule has 3 aromatic heterocycles. The lowest BCUT2D eigenvalue weighted by molar-refractivity contribution is -0.118. The summed E-state index contributed by atoms with van der Waals surface area (Å²) in [5.74, 6) is 1.70. The second kappa shape index (κ2) is 9.44. The number of rotatable bonds is 8. The fourth-order valence-corrected chi connectivity index (χ4v) is 4.30. The highest BCUT2D eigenvalue weighted by molar-refractivity contribution is 7.99. The molecular weight excluding hydrogens is 424 g/mol. The van der Waals surface area contributed by atoms with Gasteiger partial charge >= 0.3 is 0 Å². The summed E-state index contributed by atoms with van der Waals surface area (Å²) in [7, 11) is 1.88. The van der Waals surface area contributed by atoms with Crippen LogP contribution in [0.3, 0.4) is 0 Å². The van der Waals surface area contributed by atoms with Gasteiger partial charge in [-0.25, -0.2) is 0 Å². The van der Waals surface area contributed by atoms with Gasteiger partial charge in [0.15, 0.2) is 11.0 Å². The van der Waals surface area contributed by atoms with Gasteiger partial charge in [-0.05, 0) is 32.4 Å². The lowest BCUT2D eigenvalue weighted by atomic mass is 10.2. The van der Waals surface area contributed by atoms with Crippen LogP contribution in [0.15, 0.2) is 52.2 Å². The molecular formula is C23H26N6O2S. The summed E-state index contributed by atoms with van der Waals surface area (Å²) in [5, 5.41) is 16.8. The number of aromatic nitrogens is 5. The van der Waals surface area contributed by atoms with E-state index >= 15 is 0 Å². The van der Waals surface area contributed by atoms with Crippen molar-refractivity contribution in [3.05, 3.63) is 70.9 Å². The normalized spacial score (nSPS) is 11.1. The molecule has 0 bridgehead atoms. The Balaban J connectivity index is 1.34. The van der Waals surface area contributed by atoms with Crippen molar-refractivity contribution in [2.45, 2.75) is 39.0 Å². The van der Waals surface area contributed by atoms with Gasteiger partial charge in [0.2, 0.25) is 5.91 Å². The molecule has 0 aliphatic carbocycles. The molecule has 4 aromatic rings. The molecule has 0 aliphatic rings. The van der Waals surface area contributed by atoms with Crippen LogP contribution in [0.2, 0.25) is 0 Å². The summed E-state index contributed by atoms with van der Waals surface area (Å²) in [4.78, 5) is 12.5. The van der Waals surface area contributed by atoms with E-state index in [-0.39, 0.29) is 11.7 Å². The molecule has 8 nitrogen and oxygen atoms in total. The summed E-state index contributed by atoms with van der Waals surface area (Å²) in [6.07, 6.45) is 1.63. The first-order chi connectivity index (χ1) is 15.4. The minimum absolute atomic E-state index is 0.0614. The van der Waals surface area contributed by atoms with Gasteiger partial charge in [0.05, 0.1) is 29.8 Å². The maximum Gasteiger partial charge on any atom is 0.230 e. The molecule has 9 heteroatoms. The standard InChI is InChI=1S/C23H26N6O2S/c1-15-20(16(2)29(27-15)13-18-8-6-5-7-9-18)12-24-21(30)14-32-23-26-25-22(28(23)4)19-10-11-31-17(19)3/h5-11H,12-14H2,1-4H3,(H,24,30). The number of amides is 1. The van der Waals surface area contributed by atoms with Crippen LogP contribution in [-0.2, 0) is 24.9 Å². The molecule has 1 amide bonds. The van der Waals surface area contributed by atoms with E-state index in [1.54, 1.807) is 6.26 Å². The number of benzene rings is 1. The Hall–Kier alpha value is -3.33. The Morgan fingerprint density at radius 2 is 1.91 bits per heavy atom. The van der Waals surface area contributed by atoms with Crippen molar-refractivity contribution in [2.75, 3.05) is 5.75 Å². The van der Waals surface area contributed by atoms with E-state index in [9.17, 15) is 4.79 Å². The van der Waals surface area contributed by atoms with E-state index < -0.39 is 0 Å². The molecule has 0 saturated carbocycles. The maximum absolute atomic E-state index is 12.5. The SMILES string of the molecule is Cc1nn(Cc2ccccc2)c(C)c1CNC(=O)CSc1nnc(-c2ccoc2C)n1C. The van der Waals surface area contributed by atoms with Gasteiger partial charge in [0.25, 0.3) is 0 Å². The lowest BCUT2D eigenvalue weighted by Gasteiger charge is -2.07. The first-order valence-corrected chi connectivity index (χ1v) is 11.3. The van der Waals surface area contributed by atoms with Crippen LogP contribution in [0, 0.1) is 20.8 Å². The second-order valence-electron chi connectivity index (χ2n) is 7.61.